The Hall–Kier alpha value is -0.380. The molecule has 12 heavy (non-hydrogen) atoms. The van der Waals surface area contributed by atoms with Gasteiger partial charge in [0, 0.05) is 4.88 Å². The lowest BCUT2D eigenvalue weighted by Crippen LogP contribution is -1.47. The van der Waals surface area contributed by atoms with E-state index in [4.69, 9.17) is 32.8 Å². The van der Waals surface area contributed by atoms with E-state index in [2.05, 4.69) is 0 Å². The van der Waals surface area contributed by atoms with Crippen molar-refractivity contribution in [2.24, 2.45) is 0 Å². The van der Waals surface area contributed by atoms with E-state index in [-0.39, 0.29) is 0 Å². The molecule has 0 bridgehead atoms. The summed E-state index contributed by atoms with van der Waals surface area (Å²) in [6, 6.07) is 1.86. The SMILES string of the molecule is C=O.C=O.Cc1cc(Cl)c(Cl)s1. The van der Waals surface area contributed by atoms with Gasteiger partial charge in [0.25, 0.3) is 0 Å². The molecule has 0 unspecified atom stereocenters. The molecule has 2 nitrogen and oxygen atoms in total. The van der Waals surface area contributed by atoms with Crippen LogP contribution in [0.3, 0.4) is 0 Å². The molecule has 5 heteroatoms. The Morgan fingerprint density at radius 3 is 1.75 bits per heavy atom. The number of carbonyl (C=O) groups is 2. The van der Waals surface area contributed by atoms with Crippen LogP contribution in [0.25, 0.3) is 0 Å². The van der Waals surface area contributed by atoms with Gasteiger partial charge >= 0.3 is 0 Å². The van der Waals surface area contributed by atoms with Crippen LogP contribution in [0.4, 0.5) is 0 Å². The Kier molecular flexibility index (Phi) is 10.3. The summed E-state index contributed by atoms with van der Waals surface area (Å²) in [7, 11) is 0. The zero-order valence-corrected chi connectivity index (χ0v) is 8.80. The highest BCUT2D eigenvalue weighted by Gasteiger charge is 1.98. The number of carbonyl (C=O) groups excluding carboxylic acids is 2. The summed E-state index contributed by atoms with van der Waals surface area (Å²) in [5.41, 5.74) is 0. The predicted molar refractivity (Wildman–Crippen MR) is 53.3 cm³/mol. The van der Waals surface area contributed by atoms with E-state index in [9.17, 15) is 0 Å². The van der Waals surface area contributed by atoms with Crippen LogP contribution in [-0.2, 0) is 9.59 Å². The van der Waals surface area contributed by atoms with Crippen LogP contribution in [0.2, 0.25) is 9.36 Å². The zero-order chi connectivity index (χ0) is 10.1. The fourth-order valence-corrected chi connectivity index (χ4v) is 1.83. The molecule has 1 aromatic heterocycles. The highest BCUT2D eigenvalue weighted by Crippen LogP contribution is 2.30. The molecule has 0 aliphatic rings. The average molecular weight is 227 g/mol. The summed E-state index contributed by atoms with van der Waals surface area (Å²) in [4.78, 5) is 17.2. The predicted octanol–water partition coefficient (Wildman–Crippen LogP) is 2.99. The van der Waals surface area contributed by atoms with Crippen molar-refractivity contribution in [3.63, 3.8) is 0 Å². The van der Waals surface area contributed by atoms with E-state index in [1.54, 1.807) is 0 Å². The largest absolute Gasteiger partial charge is 0.307 e. The van der Waals surface area contributed by atoms with Crippen LogP contribution in [0, 0.1) is 6.92 Å². The van der Waals surface area contributed by atoms with E-state index in [0.29, 0.717) is 9.36 Å². The summed E-state index contributed by atoms with van der Waals surface area (Å²) in [5, 5.41) is 0.661. The minimum Gasteiger partial charge on any atom is -0.307 e. The molecular weight excluding hydrogens is 219 g/mol. The number of hydrogen-bond acceptors (Lipinski definition) is 3. The summed E-state index contributed by atoms with van der Waals surface area (Å²) >= 11 is 12.7. The molecule has 68 valence electrons. The van der Waals surface area contributed by atoms with Gasteiger partial charge in [-0.25, -0.2) is 0 Å². The first-order valence-corrected chi connectivity index (χ1v) is 4.26. The number of halogens is 2. The fourth-order valence-electron chi connectivity index (χ4n) is 0.455. The number of aryl methyl sites for hydroxylation is 1. The molecule has 0 saturated carbocycles. The van der Waals surface area contributed by atoms with Crippen molar-refractivity contribution in [1.82, 2.24) is 0 Å². The van der Waals surface area contributed by atoms with Gasteiger partial charge in [0.05, 0.1) is 5.02 Å². The average Bonchev–Trinajstić information content (AvgIpc) is 2.37. The van der Waals surface area contributed by atoms with Crippen LogP contribution >= 0.6 is 34.5 Å². The third-order valence-electron chi connectivity index (χ3n) is 0.768. The summed E-state index contributed by atoms with van der Waals surface area (Å²) in [6.45, 7) is 5.97. The Morgan fingerprint density at radius 2 is 1.67 bits per heavy atom. The standard InChI is InChI=1S/C5H4Cl2S.2CH2O/c1-3-2-4(6)5(7)8-3;2*1-2/h2H,1H3;2*1H2. The molecular formula is C7H8Cl2O2S. The molecule has 0 aliphatic heterocycles. The van der Waals surface area contributed by atoms with E-state index < -0.39 is 0 Å². The minimum absolute atomic E-state index is 0.661. The smallest absolute Gasteiger partial charge is 0.112 e. The monoisotopic (exact) mass is 226 g/mol. The third kappa shape index (κ3) is 5.29. The molecule has 0 saturated heterocycles. The Labute approximate surface area is 85.1 Å². The lowest BCUT2D eigenvalue weighted by atomic mass is 10.5. The van der Waals surface area contributed by atoms with Crippen molar-refractivity contribution >= 4 is 48.1 Å². The maximum absolute atomic E-state index is 8.00. The van der Waals surface area contributed by atoms with Crippen LogP contribution in [0.5, 0.6) is 0 Å². The van der Waals surface area contributed by atoms with Crippen molar-refractivity contribution in [3.05, 3.63) is 20.3 Å². The summed E-state index contributed by atoms with van der Waals surface area (Å²) in [5.74, 6) is 0. The molecule has 0 atom stereocenters. The highest BCUT2D eigenvalue weighted by atomic mass is 35.5. The van der Waals surface area contributed by atoms with Gasteiger partial charge in [-0.1, -0.05) is 23.2 Å². The van der Waals surface area contributed by atoms with Crippen LogP contribution < -0.4 is 0 Å². The molecule has 0 amide bonds. The van der Waals surface area contributed by atoms with Crippen LogP contribution in [-0.4, -0.2) is 13.6 Å². The van der Waals surface area contributed by atoms with Gasteiger partial charge in [-0.2, -0.15) is 0 Å². The fraction of sp³-hybridized carbons (Fsp3) is 0.143. The van der Waals surface area contributed by atoms with Crippen LogP contribution in [0.15, 0.2) is 6.07 Å². The van der Waals surface area contributed by atoms with Crippen molar-refractivity contribution < 1.29 is 9.59 Å². The minimum atomic E-state index is 0.661. The van der Waals surface area contributed by atoms with Crippen molar-refractivity contribution in [3.8, 4) is 0 Å². The molecule has 1 heterocycles. The van der Waals surface area contributed by atoms with Crippen molar-refractivity contribution in [2.75, 3.05) is 0 Å². The first-order valence-electron chi connectivity index (χ1n) is 2.69. The lowest BCUT2D eigenvalue weighted by molar-refractivity contribution is -0.0987. The maximum Gasteiger partial charge on any atom is 0.112 e. The van der Waals surface area contributed by atoms with Crippen LogP contribution in [0.1, 0.15) is 4.88 Å². The van der Waals surface area contributed by atoms with Gasteiger partial charge in [0.1, 0.15) is 17.9 Å². The number of rotatable bonds is 0. The summed E-state index contributed by atoms with van der Waals surface area (Å²) in [6.07, 6.45) is 0. The highest BCUT2D eigenvalue weighted by molar-refractivity contribution is 7.16. The molecule has 0 aromatic carbocycles. The van der Waals surface area contributed by atoms with Crippen molar-refractivity contribution in [2.45, 2.75) is 6.92 Å². The van der Waals surface area contributed by atoms with Gasteiger partial charge in [-0.15, -0.1) is 11.3 Å². The van der Waals surface area contributed by atoms with E-state index >= 15 is 0 Å². The first-order chi connectivity index (χ1) is 5.70. The molecule has 0 fully saturated rings. The normalized spacial score (nSPS) is 7.25. The Morgan fingerprint density at radius 1 is 1.25 bits per heavy atom. The Balaban J connectivity index is 0. The molecule has 0 spiro atoms. The second-order valence-electron chi connectivity index (χ2n) is 1.48. The van der Waals surface area contributed by atoms with Gasteiger partial charge in [0.15, 0.2) is 0 Å². The number of thiophene rings is 1. The second-order valence-corrected chi connectivity index (χ2v) is 3.74. The van der Waals surface area contributed by atoms with E-state index in [0.717, 1.165) is 4.88 Å². The topological polar surface area (TPSA) is 34.1 Å². The lowest BCUT2D eigenvalue weighted by Gasteiger charge is -1.73. The van der Waals surface area contributed by atoms with E-state index in [1.165, 1.54) is 11.3 Å². The zero-order valence-electron chi connectivity index (χ0n) is 6.47. The van der Waals surface area contributed by atoms with Gasteiger partial charge < -0.3 is 9.59 Å². The molecule has 1 rings (SSSR count). The molecule has 0 radical (unpaired) electrons. The Bertz CT molecular complexity index is 204. The maximum atomic E-state index is 8.00. The van der Waals surface area contributed by atoms with Gasteiger partial charge in [-0.05, 0) is 13.0 Å². The van der Waals surface area contributed by atoms with Gasteiger partial charge in [-0.3, -0.25) is 0 Å². The third-order valence-corrected chi connectivity index (χ3v) is 2.55. The van der Waals surface area contributed by atoms with E-state index in [1.807, 2.05) is 26.6 Å². The van der Waals surface area contributed by atoms with Gasteiger partial charge in [0.2, 0.25) is 0 Å². The number of hydrogen-bond donors (Lipinski definition) is 0. The second kappa shape index (κ2) is 8.71. The van der Waals surface area contributed by atoms with Crippen molar-refractivity contribution in [1.29, 1.82) is 0 Å². The molecule has 1 aromatic rings. The molecule has 0 aliphatic carbocycles. The molecule has 0 N–H and O–H groups in total. The first kappa shape index (κ1) is 14.2. The summed E-state index contributed by atoms with van der Waals surface area (Å²) < 4.78 is 0.684. The quantitative estimate of drug-likeness (QED) is 0.682.